The third kappa shape index (κ3) is 2.25. The van der Waals surface area contributed by atoms with E-state index >= 15 is 0 Å². The Morgan fingerprint density at radius 3 is 2.79 bits per heavy atom. The summed E-state index contributed by atoms with van der Waals surface area (Å²) in [5, 5.41) is 0. The molecule has 14 heavy (non-hydrogen) atoms. The second kappa shape index (κ2) is 4.45. The lowest BCUT2D eigenvalue weighted by Gasteiger charge is -2.20. The van der Waals surface area contributed by atoms with Gasteiger partial charge in [0, 0.05) is 24.0 Å². The molecule has 2 nitrogen and oxygen atoms in total. The summed E-state index contributed by atoms with van der Waals surface area (Å²) in [6.07, 6.45) is 11.2. The molecule has 0 spiro atoms. The molecule has 0 unspecified atom stereocenters. The average Bonchev–Trinajstić information content (AvgIpc) is 2.23. The third-order valence-electron chi connectivity index (χ3n) is 3.14. The Bertz CT molecular complexity index is 336. The third-order valence-corrected chi connectivity index (χ3v) is 3.14. The van der Waals surface area contributed by atoms with Gasteiger partial charge in [-0.3, -0.25) is 4.79 Å². The van der Waals surface area contributed by atoms with Gasteiger partial charge in [-0.05, 0) is 12.3 Å². The van der Waals surface area contributed by atoms with Gasteiger partial charge >= 0.3 is 0 Å². The molecule has 1 aromatic rings. The number of aromatic amines is 1. The lowest BCUT2D eigenvalue weighted by Crippen LogP contribution is -2.15. The molecule has 1 heterocycles. The van der Waals surface area contributed by atoms with E-state index in [1.807, 2.05) is 6.20 Å². The van der Waals surface area contributed by atoms with E-state index < -0.39 is 0 Å². The quantitative estimate of drug-likeness (QED) is 0.765. The van der Waals surface area contributed by atoms with Crippen LogP contribution in [0.15, 0.2) is 23.3 Å². The summed E-state index contributed by atoms with van der Waals surface area (Å²) in [4.78, 5) is 14.5. The first-order chi connectivity index (χ1) is 6.86. The molecule has 0 aliphatic heterocycles. The van der Waals surface area contributed by atoms with E-state index in [0.29, 0.717) is 0 Å². The van der Waals surface area contributed by atoms with Gasteiger partial charge in [0.2, 0.25) is 0 Å². The fourth-order valence-corrected chi connectivity index (χ4v) is 2.31. The second-order valence-electron chi connectivity index (χ2n) is 4.24. The molecule has 0 bridgehead atoms. The predicted molar refractivity (Wildman–Crippen MR) is 57.3 cm³/mol. The minimum Gasteiger partial charge on any atom is -0.367 e. The van der Waals surface area contributed by atoms with Crippen LogP contribution in [0.3, 0.4) is 0 Å². The molecule has 0 atom stereocenters. The fraction of sp³-hybridized carbons (Fsp3) is 0.583. The molecule has 1 aromatic heterocycles. The summed E-state index contributed by atoms with van der Waals surface area (Å²) in [5.41, 5.74) is 1.15. The van der Waals surface area contributed by atoms with Gasteiger partial charge in [-0.2, -0.15) is 0 Å². The van der Waals surface area contributed by atoms with Crippen molar-refractivity contribution in [3.63, 3.8) is 0 Å². The van der Waals surface area contributed by atoms with Gasteiger partial charge < -0.3 is 4.98 Å². The average molecular weight is 191 g/mol. The first-order valence-corrected chi connectivity index (χ1v) is 5.52. The van der Waals surface area contributed by atoms with E-state index in [9.17, 15) is 4.79 Å². The SMILES string of the molecule is O=c1cc[nH]cc1CC1CCCCC1. The maximum absolute atomic E-state index is 11.5. The fourth-order valence-electron chi connectivity index (χ4n) is 2.31. The monoisotopic (exact) mass is 191 g/mol. The van der Waals surface area contributed by atoms with Crippen LogP contribution >= 0.6 is 0 Å². The Morgan fingerprint density at radius 2 is 2.07 bits per heavy atom. The number of rotatable bonds is 2. The topological polar surface area (TPSA) is 32.9 Å². The van der Waals surface area contributed by atoms with Crippen molar-refractivity contribution in [2.24, 2.45) is 5.92 Å². The van der Waals surface area contributed by atoms with Crippen LogP contribution in [0.2, 0.25) is 0 Å². The van der Waals surface area contributed by atoms with E-state index in [2.05, 4.69) is 4.98 Å². The van der Waals surface area contributed by atoms with E-state index in [1.165, 1.54) is 32.1 Å². The highest BCUT2D eigenvalue weighted by atomic mass is 16.1. The van der Waals surface area contributed by atoms with Gasteiger partial charge in [-0.25, -0.2) is 0 Å². The molecule has 1 aliphatic carbocycles. The van der Waals surface area contributed by atoms with Crippen molar-refractivity contribution in [3.8, 4) is 0 Å². The Kier molecular flexibility index (Phi) is 3.02. The first-order valence-electron chi connectivity index (χ1n) is 5.52. The summed E-state index contributed by atoms with van der Waals surface area (Å²) in [7, 11) is 0. The van der Waals surface area contributed by atoms with Crippen LogP contribution in [-0.4, -0.2) is 4.98 Å². The molecule has 2 rings (SSSR count). The van der Waals surface area contributed by atoms with Crippen molar-refractivity contribution in [3.05, 3.63) is 34.2 Å². The molecule has 1 saturated carbocycles. The lowest BCUT2D eigenvalue weighted by molar-refractivity contribution is 0.356. The molecule has 76 valence electrons. The summed E-state index contributed by atoms with van der Waals surface area (Å²) in [5.74, 6) is 0.743. The van der Waals surface area contributed by atoms with Crippen LogP contribution in [-0.2, 0) is 6.42 Å². The number of hydrogen-bond donors (Lipinski definition) is 1. The molecule has 1 N–H and O–H groups in total. The number of pyridine rings is 1. The van der Waals surface area contributed by atoms with Crippen molar-refractivity contribution in [2.45, 2.75) is 38.5 Å². The standard InChI is InChI=1S/C12H17NO/c14-12-6-7-13-9-11(12)8-10-4-2-1-3-5-10/h6-7,9-10H,1-5,8H2,(H,13,14). The predicted octanol–water partition coefficient (Wildman–Crippen LogP) is 2.50. The van der Waals surface area contributed by atoms with Crippen molar-refractivity contribution >= 4 is 0 Å². The zero-order valence-corrected chi connectivity index (χ0v) is 8.46. The zero-order chi connectivity index (χ0) is 9.80. The van der Waals surface area contributed by atoms with E-state index in [0.717, 1.165) is 17.9 Å². The summed E-state index contributed by atoms with van der Waals surface area (Å²) < 4.78 is 0. The lowest BCUT2D eigenvalue weighted by atomic mass is 9.85. The van der Waals surface area contributed by atoms with E-state index in [4.69, 9.17) is 0 Å². The Morgan fingerprint density at radius 1 is 1.29 bits per heavy atom. The first kappa shape index (κ1) is 9.50. The molecular weight excluding hydrogens is 174 g/mol. The maximum Gasteiger partial charge on any atom is 0.184 e. The Hall–Kier alpha value is -1.05. The maximum atomic E-state index is 11.5. The molecule has 1 aliphatic rings. The van der Waals surface area contributed by atoms with Crippen LogP contribution in [0.25, 0.3) is 0 Å². The highest BCUT2D eigenvalue weighted by Gasteiger charge is 2.14. The van der Waals surface area contributed by atoms with Gasteiger partial charge in [0.05, 0.1) is 0 Å². The second-order valence-corrected chi connectivity index (χ2v) is 4.24. The normalized spacial score (nSPS) is 18.3. The van der Waals surface area contributed by atoms with Crippen molar-refractivity contribution in [2.75, 3.05) is 0 Å². The number of hydrogen-bond acceptors (Lipinski definition) is 1. The molecular formula is C12H17NO. The number of nitrogens with one attached hydrogen (secondary N) is 1. The number of H-pyrrole nitrogens is 1. The van der Waals surface area contributed by atoms with Gasteiger partial charge in [-0.15, -0.1) is 0 Å². The van der Waals surface area contributed by atoms with Crippen molar-refractivity contribution < 1.29 is 0 Å². The van der Waals surface area contributed by atoms with Crippen LogP contribution < -0.4 is 5.43 Å². The zero-order valence-electron chi connectivity index (χ0n) is 8.46. The molecule has 0 aromatic carbocycles. The molecule has 0 saturated heterocycles. The number of aromatic nitrogens is 1. The summed E-state index contributed by atoms with van der Waals surface area (Å²) in [6, 6.07) is 1.62. The highest BCUT2D eigenvalue weighted by Crippen LogP contribution is 2.25. The molecule has 0 amide bonds. The molecule has 2 heteroatoms. The van der Waals surface area contributed by atoms with Gasteiger partial charge in [0.15, 0.2) is 5.43 Å². The van der Waals surface area contributed by atoms with Gasteiger partial charge in [0.25, 0.3) is 0 Å². The van der Waals surface area contributed by atoms with Crippen molar-refractivity contribution in [1.29, 1.82) is 0 Å². The minimum atomic E-state index is 0.189. The molecule has 0 radical (unpaired) electrons. The van der Waals surface area contributed by atoms with Gasteiger partial charge in [0.1, 0.15) is 0 Å². The van der Waals surface area contributed by atoms with E-state index in [-0.39, 0.29) is 5.43 Å². The van der Waals surface area contributed by atoms with E-state index in [1.54, 1.807) is 12.3 Å². The largest absolute Gasteiger partial charge is 0.367 e. The van der Waals surface area contributed by atoms with Crippen LogP contribution in [0.1, 0.15) is 37.7 Å². The smallest absolute Gasteiger partial charge is 0.184 e. The van der Waals surface area contributed by atoms with Crippen molar-refractivity contribution in [1.82, 2.24) is 4.98 Å². The highest BCUT2D eigenvalue weighted by molar-refractivity contribution is 5.10. The van der Waals surface area contributed by atoms with Crippen LogP contribution in [0.4, 0.5) is 0 Å². The minimum absolute atomic E-state index is 0.189. The van der Waals surface area contributed by atoms with Crippen LogP contribution in [0.5, 0.6) is 0 Å². The Balaban J connectivity index is 2.03. The Labute approximate surface area is 84.4 Å². The van der Waals surface area contributed by atoms with Crippen LogP contribution in [0, 0.1) is 5.92 Å². The summed E-state index contributed by atoms with van der Waals surface area (Å²) in [6.45, 7) is 0. The molecule has 1 fully saturated rings. The van der Waals surface area contributed by atoms with Gasteiger partial charge in [-0.1, -0.05) is 32.1 Å². The summed E-state index contributed by atoms with van der Waals surface area (Å²) >= 11 is 0.